The first kappa shape index (κ1) is 10.4. The van der Waals surface area contributed by atoms with Crippen LogP contribution < -0.4 is 5.32 Å². The van der Waals surface area contributed by atoms with E-state index in [4.69, 9.17) is 0 Å². The summed E-state index contributed by atoms with van der Waals surface area (Å²) in [4.78, 5) is 15.2. The van der Waals surface area contributed by atoms with Crippen molar-refractivity contribution in [3.63, 3.8) is 0 Å². The van der Waals surface area contributed by atoms with Crippen molar-refractivity contribution in [3.05, 3.63) is 36.7 Å². The van der Waals surface area contributed by atoms with Crippen LogP contribution >= 0.6 is 0 Å². The maximum atomic E-state index is 11.3. The molecule has 1 heterocycles. The molecule has 0 atom stereocenters. The SMILES string of the molecule is CCCC=CC(=O)Nc1cccnc1. The molecule has 1 rings (SSSR count). The minimum atomic E-state index is -0.105. The molecule has 0 aliphatic carbocycles. The Labute approximate surface area is 83.9 Å². The van der Waals surface area contributed by atoms with E-state index in [1.54, 1.807) is 30.6 Å². The number of nitrogens with zero attached hydrogens (tertiary/aromatic N) is 1. The lowest BCUT2D eigenvalue weighted by molar-refractivity contribution is -0.111. The van der Waals surface area contributed by atoms with Crippen LogP contribution in [0.5, 0.6) is 0 Å². The number of aromatic nitrogens is 1. The van der Waals surface area contributed by atoms with Gasteiger partial charge in [0.25, 0.3) is 0 Å². The number of nitrogens with one attached hydrogen (secondary N) is 1. The lowest BCUT2D eigenvalue weighted by Gasteiger charge is -1.99. The van der Waals surface area contributed by atoms with Gasteiger partial charge in [0.1, 0.15) is 0 Å². The number of carbonyl (C=O) groups is 1. The highest BCUT2D eigenvalue weighted by Gasteiger charge is 1.95. The van der Waals surface area contributed by atoms with Crippen LogP contribution in [-0.2, 0) is 4.79 Å². The molecule has 1 amide bonds. The summed E-state index contributed by atoms with van der Waals surface area (Å²) in [6.45, 7) is 2.07. The van der Waals surface area contributed by atoms with Crippen molar-refractivity contribution in [2.75, 3.05) is 5.32 Å². The lowest BCUT2D eigenvalue weighted by Crippen LogP contribution is -2.07. The van der Waals surface area contributed by atoms with Crippen molar-refractivity contribution in [1.82, 2.24) is 4.98 Å². The summed E-state index contributed by atoms with van der Waals surface area (Å²) in [6.07, 6.45) is 8.69. The summed E-state index contributed by atoms with van der Waals surface area (Å²) in [5.41, 5.74) is 0.721. The maximum Gasteiger partial charge on any atom is 0.248 e. The summed E-state index contributed by atoms with van der Waals surface area (Å²) >= 11 is 0. The van der Waals surface area contributed by atoms with E-state index in [1.165, 1.54) is 0 Å². The van der Waals surface area contributed by atoms with Gasteiger partial charge >= 0.3 is 0 Å². The summed E-state index contributed by atoms with van der Waals surface area (Å²) in [6, 6.07) is 3.59. The highest BCUT2D eigenvalue weighted by molar-refractivity contribution is 5.99. The van der Waals surface area contributed by atoms with E-state index in [9.17, 15) is 4.79 Å². The predicted molar refractivity (Wildman–Crippen MR) is 56.9 cm³/mol. The van der Waals surface area contributed by atoms with E-state index in [1.807, 2.05) is 6.08 Å². The van der Waals surface area contributed by atoms with Crippen LogP contribution in [0.3, 0.4) is 0 Å². The Kier molecular flexibility index (Phi) is 4.41. The molecule has 1 N–H and O–H groups in total. The van der Waals surface area contributed by atoms with Crippen LogP contribution in [0.2, 0.25) is 0 Å². The van der Waals surface area contributed by atoms with Crippen LogP contribution in [0.4, 0.5) is 5.69 Å². The highest BCUT2D eigenvalue weighted by Crippen LogP contribution is 2.02. The second-order valence-electron chi connectivity index (χ2n) is 2.92. The van der Waals surface area contributed by atoms with Gasteiger partial charge in [0, 0.05) is 6.20 Å². The monoisotopic (exact) mass is 190 g/mol. The third-order valence-electron chi connectivity index (χ3n) is 1.65. The molecule has 0 fully saturated rings. The molecule has 0 saturated carbocycles. The van der Waals surface area contributed by atoms with E-state index in [0.29, 0.717) is 0 Å². The topological polar surface area (TPSA) is 42.0 Å². The molecule has 0 saturated heterocycles. The Morgan fingerprint density at radius 1 is 1.64 bits per heavy atom. The van der Waals surface area contributed by atoms with Gasteiger partial charge in [-0.1, -0.05) is 19.4 Å². The number of anilines is 1. The first-order valence-corrected chi connectivity index (χ1v) is 4.70. The number of pyridine rings is 1. The van der Waals surface area contributed by atoms with Gasteiger partial charge in [0.05, 0.1) is 11.9 Å². The Hall–Kier alpha value is -1.64. The summed E-state index contributed by atoms with van der Waals surface area (Å²) in [5, 5.41) is 2.71. The van der Waals surface area contributed by atoms with Crippen molar-refractivity contribution in [2.24, 2.45) is 0 Å². The smallest absolute Gasteiger partial charge is 0.248 e. The van der Waals surface area contributed by atoms with Gasteiger partial charge in [0.15, 0.2) is 0 Å². The van der Waals surface area contributed by atoms with Crippen LogP contribution in [0.25, 0.3) is 0 Å². The Morgan fingerprint density at radius 2 is 2.50 bits per heavy atom. The molecule has 3 heteroatoms. The molecule has 1 aromatic rings. The Morgan fingerprint density at radius 3 is 3.14 bits per heavy atom. The van der Waals surface area contributed by atoms with Gasteiger partial charge < -0.3 is 5.32 Å². The van der Waals surface area contributed by atoms with Gasteiger partial charge in [0.2, 0.25) is 5.91 Å². The maximum absolute atomic E-state index is 11.3. The standard InChI is InChI=1S/C11H14N2O/c1-2-3-4-7-11(14)13-10-6-5-8-12-9-10/h4-9H,2-3H2,1H3,(H,13,14). The van der Waals surface area contributed by atoms with Crippen molar-refractivity contribution < 1.29 is 4.79 Å². The lowest BCUT2D eigenvalue weighted by atomic mass is 10.3. The first-order chi connectivity index (χ1) is 6.83. The summed E-state index contributed by atoms with van der Waals surface area (Å²) in [5.74, 6) is -0.105. The van der Waals surface area contributed by atoms with E-state index in [-0.39, 0.29) is 5.91 Å². The van der Waals surface area contributed by atoms with Gasteiger partial charge in [-0.3, -0.25) is 9.78 Å². The average molecular weight is 190 g/mol. The van der Waals surface area contributed by atoms with E-state index in [0.717, 1.165) is 18.5 Å². The zero-order valence-corrected chi connectivity index (χ0v) is 8.23. The van der Waals surface area contributed by atoms with Crippen LogP contribution in [0, 0.1) is 0 Å². The molecule has 74 valence electrons. The van der Waals surface area contributed by atoms with Gasteiger partial charge in [-0.25, -0.2) is 0 Å². The molecular formula is C11H14N2O. The molecule has 3 nitrogen and oxygen atoms in total. The van der Waals surface area contributed by atoms with Crippen molar-refractivity contribution in [3.8, 4) is 0 Å². The number of carbonyl (C=O) groups excluding carboxylic acids is 1. The molecule has 1 aromatic heterocycles. The number of hydrogen-bond donors (Lipinski definition) is 1. The Bertz CT molecular complexity index is 306. The minimum absolute atomic E-state index is 0.105. The molecule has 14 heavy (non-hydrogen) atoms. The van der Waals surface area contributed by atoms with Crippen LogP contribution in [-0.4, -0.2) is 10.9 Å². The van der Waals surface area contributed by atoms with E-state index in [2.05, 4.69) is 17.2 Å². The first-order valence-electron chi connectivity index (χ1n) is 4.70. The predicted octanol–water partition coefficient (Wildman–Crippen LogP) is 2.38. The summed E-state index contributed by atoms with van der Waals surface area (Å²) in [7, 11) is 0. The van der Waals surface area contributed by atoms with Crippen molar-refractivity contribution >= 4 is 11.6 Å². The number of hydrogen-bond acceptors (Lipinski definition) is 2. The van der Waals surface area contributed by atoms with E-state index < -0.39 is 0 Å². The average Bonchev–Trinajstić information content (AvgIpc) is 2.20. The minimum Gasteiger partial charge on any atom is -0.321 e. The quantitative estimate of drug-likeness (QED) is 0.740. The molecule has 0 aromatic carbocycles. The molecule has 0 aliphatic heterocycles. The third-order valence-corrected chi connectivity index (χ3v) is 1.65. The van der Waals surface area contributed by atoms with Crippen LogP contribution in [0.15, 0.2) is 36.7 Å². The fourth-order valence-corrected chi connectivity index (χ4v) is 0.978. The molecular weight excluding hydrogens is 176 g/mol. The second kappa shape index (κ2) is 5.91. The number of unbranched alkanes of at least 4 members (excludes halogenated alkanes) is 1. The van der Waals surface area contributed by atoms with E-state index >= 15 is 0 Å². The normalized spacial score (nSPS) is 10.4. The summed E-state index contributed by atoms with van der Waals surface area (Å²) < 4.78 is 0. The number of allylic oxidation sites excluding steroid dienone is 1. The zero-order chi connectivity index (χ0) is 10.2. The van der Waals surface area contributed by atoms with Crippen molar-refractivity contribution in [2.45, 2.75) is 19.8 Å². The second-order valence-corrected chi connectivity index (χ2v) is 2.92. The fraction of sp³-hybridized carbons (Fsp3) is 0.273. The fourth-order valence-electron chi connectivity index (χ4n) is 0.978. The molecule has 0 unspecified atom stereocenters. The number of rotatable bonds is 4. The molecule has 0 spiro atoms. The Balaban J connectivity index is 2.42. The highest BCUT2D eigenvalue weighted by atomic mass is 16.1. The van der Waals surface area contributed by atoms with Crippen molar-refractivity contribution in [1.29, 1.82) is 0 Å². The third kappa shape index (κ3) is 3.85. The van der Waals surface area contributed by atoms with Gasteiger partial charge in [-0.2, -0.15) is 0 Å². The molecule has 0 radical (unpaired) electrons. The number of amides is 1. The van der Waals surface area contributed by atoms with Gasteiger partial charge in [-0.05, 0) is 24.6 Å². The molecule has 0 aliphatic rings. The zero-order valence-electron chi connectivity index (χ0n) is 8.23. The molecule has 0 bridgehead atoms. The van der Waals surface area contributed by atoms with Gasteiger partial charge in [-0.15, -0.1) is 0 Å². The van der Waals surface area contributed by atoms with Crippen LogP contribution in [0.1, 0.15) is 19.8 Å². The largest absolute Gasteiger partial charge is 0.321 e.